The lowest BCUT2D eigenvalue weighted by Gasteiger charge is -2.17. The Bertz CT molecular complexity index is 1050. The largest absolute Gasteiger partial charge is 0.347 e. The third-order valence-corrected chi connectivity index (χ3v) is 6.03. The Morgan fingerprint density at radius 3 is 2.50 bits per heavy atom. The van der Waals surface area contributed by atoms with E-state index in [2.05, 4.69) is 16.6 Å². The van der Waals surface area contributed by atoms with Crippen molar-refractivity contribution < 1.29 is 22.4 Å². The van der Waals surface area contributed by atoms with Crippen LogP contribution in [0.25, 0.3) is 0 Å². The Hall–Kier alpha value is -3.22. The monoisotopic (exact) mass is 431 g/mol. The van der Waals surface area contributed by atoms with Gasteiger partial charge >= 0.3 is 0 Å². The van der Waals surface area contributed by atoms with E-state index in [0.717, 1.165) is 16.4 Å². The van der Waals surface area contributed by atoms with Crippen molar-refractivity contribution in [3.05, 3.63) is 59.9 Å². The van der Waals surface area contributed by atoms with E-state index in [9.17, 15) is 22.4 Å². The lowest BCUT2D eigenvalue weighted by Crippen LogP contribution is -2.33. The molecule has 2 aromatic rings. The van der Waals surface area contributed by atoms with Gasteiger partial charge in [0.2, 0.25) is 21.8 Å². The molecule has 0 radical (unpaired) electrons. The molecule has 0 bridgehead atoms. The van der Waals surface area contributed by atoms with Gasteiger partial charge < -0.3 is 10.6 Å². The van der Waals surface area contributed by atoms with Gasteiger partial charge in [0.1, 0.15) is 5.82 Å². The molecule has 0 heterocycles. The first-order valence-corrected chi connectivity index (χ1v) is 10.5. The highest BCUT2D eigenvalue weighted by Gasteiger charge is 2.20. The summed E-state index contributed by atoms with van der Waals surface area (Å²) in [5.41, 5.74) is 1.15. The smallest absolute Gasteiger partial charge is 0.243 e. The maximum absolute atomic E-state index is 13.0. The highest BCUT2D eigenvalue weighted by Crippen LogP contribution is 2.15. The molecule has 0 aliphatic rings. The van der Waals surface area contributed by atoms with Crippen LogP contribution in [0.1, 0.15) is 18.4 Å². The molecule has 2 N–H and O–H groups in total. The third-order valence-electron chi connectivity index (χ3n) is 4.16. The molecule has 2 rings (SSSR count). The van der Waals surface area contributed by atoms with Crippen LogP contribution in [0.3, 0.4) is 0 Å². The van der Waals surface area contributed by atoms with E-state index < -0.39 is 21.7 Å². The topological polar surface area (TPSA) is 95.6 Å². The maximum Gasteiger partial charge on any atom is 0.243 e. The van der Waals surface area contributed by atoms with E-state index in [1.165, 1.54) is 19.2 Å². The molecule has 158 valence electrons. The molecule has 0 atom stereocenters. The zero-order valence-corrected chi connectivity index (χ0v) is 17.2. The number of amides is 2. The van der Waals surface area contributed by atoms with Crippen LogP contribution >= 0.6 is 0 Å². The number of benzene rings is 2. The molecule has 0 fully saturated rings. The van der Waals surface area contributed by atoms with Crippen LogP contribution in [0.4, 0.5) is 10.1 Å². The standard InChI is InChI=1S/C21H22FN3O4S/c1-3-16-6-4-7-18(14-16)24-21(27)15-23-20(26)8-5-13-25(2)30(28,29)19-11-9-17(22)10-12-19/h1,4,6-7,9-12,14H,5,8,13,15H2,2H3,(H,23,26)(H,24,27). The molecule has 7 nitrogen and oxygen atoms in total. The second-order valence-electron chi connectivity index (χ2n) is 6.43. The van der Waals surface area contributed by atoms with Crippen molar-refractivity contribution in [2.75, 3.05) is 25.5 Å². The van der Waals surface area contributed by atoms with Crippen LogP contribution in [-0.4, -0.2) is 44.7 Å². The van der Waals surface area contributed by atoms with E-state index in [0.29, 0.717) is 11.3 Å². The number of halogens is 1. The van der Waals surface area contributed by atoms with Crippen LogP contribution in [0.15, 0.2) is 53.4 Å². The van der Waals surface area contributed by atoms with Gasteiger partial charge in [-0.05, 0) is 48.9 Å². The molecule has 9 heteroatoms. The number of hydrogen-bond donors (Lipinski definition) is 2. The average molecular weight is 431 g/mol. The summed E-state index contributed by atoms with van der Waals surface area (Å²) in [7, 11) is -2.38. The second-order valence-corrected chi connectivity index (χ2v) is 8.48. The Labute approximate surface area is 175 Å². The quantitative estimate of drug-likeness (QED) is 0.594. The number of anilines is 1. The Kier molecular flexibility index (Phi) is 8.09. The fourth-order valence-electron chi connectivity index (χ4n) is 2.53. The van der Waals surface area contributed by atoms with Gasteiger partial charge in [-0.15, -0.1) is 6.42 Å². The first-order valence-electron chi connectivity index (χ1n) is 9.07. The SMILES string of the molecule is C#Cc1cccc(NC(=O)CNC(=O)CCCN(C)S(=O)(=O)c2ccc(F)cc2)c1. The molecule has 2 amide bonds. The van der Waals surface area contributed by atoms with E-state index in [1.807, 2.05) is 0 Å². The van der Waals surface area contributed by atoms with Crippen molar-refractivity contribution >= 4 is 27.5 Å². The maximum atomic E-state index is 13.0. The number of rotatable bonds is 9. The number of nitrogens with one attached hydrogen (secondary N) is 2. The van der Waals surface area contributed by atoms with Crippen molar-refractivity contribution in [1.29, 1.82) is 0 Å². The van der Waals surface area contributed by atoms with E-state index in [1.54, 1.807) is 24.3 Å². The van der Waals surface area contributed by atoms with Crippen molar-refractivity contribution in [2.24, 2.45) is 0 Å². The fraction of sp³-hybridized carbons (Fsp3) is 0.238. The number of carbonyl (C=O) groups is 2. The highest BCUT2D eigenvalue weighted by atomic mass is 32.2. The average Bonchev–Trinajstić information content (AvgIpc) is 2.72. The molecule has 0 unspecified atom stereocenters. The normalized spacial score (nSPS) is 11.0. The molecule has 30 heavy (non-hydrogen) atoms. The summed E-state index contributed by atoms with van der Waals surface area (Å²) in [5, 5.41) is 5.11. The van der Waals surface area contributed by atoms with Crippen LogP contribution in [-0.2, 0) is 19.6 Å². The molecular weight excluding hydrogens is 409 g/mol. The molecule has 0 aliphatic heterocycles. The summed E-state index contributed by atoms with van der Waals surface area (Å²) < 4.78 is 38.8. The minimum Gasteiger partial charge on any atom is -0.347 e. The van der Waals surface area contributed by atoms with Crippen molar-refractivity contribution in [3.63, 3.8) is 0 Å². The van der Waals surface area contributed by atoms with Gasteiger partial charge in [0.15, 0.2) is 0 Å². The van der Waals surface area contributed by atoms with Gasteiger partial charge in [-0.3, -0.25) is 9.59 Å². The molecule has 0 aromatic heterocycles. The van der Waals surface area contributed by atoms with Gasteiger partial charge in [0, 0.05) is 31.3 Å². The number of sulfonamides is 1. The van der Waals surface area contributed by atoms with Gasteiger partial charge in [-0.1, -0.05) is 12.0 Å². The van der Waals surface area contributed by atoms with E-state index in [4.69, 9.17) is 6.42 Å². The minimum atomic E-state index is -3.76. The molecule has 0 saturated carbocycles. The number of nitrogens with zero attached hydrogens (tertiary/aromatic N) is 1. The number of terminal acetylenes is 1. The zero-order valence-electron chi connectivity index (χ0n) is 16.4. The van der Waals surface area contributed by atoms with Gasteiger partial charge in [-0.2, -0.15) is 0 Å². The molecule has 2 aromatic carbocycles. The number of carbonyl (C=O) groups excluding carboxylic acids is 2. The predicted molar refractivity (Wildman–Crippen MR) is 111 cm³/mol. The summed E-state index contributed by atoms with van der Waals surface area (Å²) in [4.78, 5) is 23.8. The van der Waals surface area contributed by atoms with Crippen molar-refractivity contribution in [2.45, 2.75) is 17.7 Å². The highest BCUT2D eigenvalue weighted by molar-refractivity contribution is 7.89. The Morgan fingerprint density at radius 1 is 1.13 bits per heavy atom. The van der Waals surface area contributed by atoms with Crippen LogP contribution in [0, 0.1) is 18.2 Å². The van der Waals surface area contributed by atoms with E-state index >= 15 is 0 Å². The number of hydrogen-bond acceptors (Lipinski definition) is 4. The summed E-state index contributed by atoms with van der Waals surface area (Å²) in [5.74, 6) is 1.15. The lowest BCUT2D eigenvalue weighted by molar-refractivity contribution is -0.124. The van der Waals surface area contributed by atoms with Gasteiger partial charge in [0.25, 0.3) is 0 Å². The van der Waals surface area contributed by atoms with Gasteiger partial charge in [-0.25, -0.2) is 17.1 Å². The minimum absolute atomic E-state index is 0.0265. The summed E-state index contributed by atoms with van der Waals surface area (Å²) in [6.45, 7) is -0.124. The van der Waals surface area contributed by atoms with E-state index in [-0.39, 0.29) is 36.7 Å². The zero-order chi connectivity index (χ0) is 22.1. The fourth-order valence-corrected chi connectivity index (χ4v) is 3.74. The predicted octanol–water partition coefficient (Wildman–Crippen LogP) is 1.96. The summed E-state index contributed by atoms with van der Waals surface area (Å²) in [6.07, 6.45) is 5.61. The first-order chi connectivity index (χ1) is 14.2. The second kappa shape index (κ2) is 10.5. The van der Waals surface area contributed by atoms with Crippen LogP contribution in [0.5, 0.6) is 0 Å². The molecule has 0 saturated heterocycles. The lowest BCUT2D eigenvalue weighted by atomic mass is 10.2. The molecule has 0 spiro atoms. The first kappa shape index (κ1) is 23.1. The Morgan fingerprint density at radius 2 is 1.83 bits per heavy atom. The summed E-state index contributed by atoms with van der Waals surface area (Å²) in [6, 6.07) is 11.3. The Balaban J connectivity index is 1.74. The van der Waals surface area contributed by atoms with Gasteiger partial charge in [0.05, 0.1) is 11.4 Å². The van der Waals surface area contributed by atoms with Crippen molar-refractivity contribution in [3.8, 4) is 12.3 Å². The molecule has 0 aliphatic carbocycles. The third kappa shape index (κ3) is 6.69. The molecular formula is C21H22FN3O4S. The van der Waals surface area contributed by atoms with Crippen LogP contribution in [0.2, 0.25) is 0 Å². The van der Waals surface area contributed by atoms with Crippen molar-refractivity contribution in [1.82, 2.24) is 9.62 Å². The summed E-state index contributed by atoms with van der Waals surface area (Å²) >= 11 is 0. The van der Waals surface area contributed by atoms with Crippen LogP contribution < -0.4 is 10.6 Å².